The van der Waals surface area contributed by atoms with Crippen molar-refractivity contribution >= 4 is 21.4 Å². The van der Waals surface area contributed by atoms with Crippen LogP contribution in [0, 0.1) is 0 Å². The Bertz CT molecular complexity index is 462. The largest absolute Gasteiger partial charge is 0.380 e. The van der Waals surface area contributed by atoms with Crippen molar-refractivity contribution in [3.63, 3.8) is 0 Å². The van der Waals surface area contributed by atoms with Gasteiger partial charge in [-0.25, -0.2) is 8.42 Å². The van der Waals surface area contributed by atoms with Crippen molar-refractivity contribution in [2.24, 2.45) is 5.73 Å². The van der Waals surface area contributed by atoms with Gasteiger partial charge in [0.25, 0.3) is 0 Å². The van der Waals surface area contributed by atoms with E-state index >= 15 is 0 Å². The minimum Gasteiger partial charge on any atom is -0.380 e. The Morgan fingerprint density at radius 1 is 1.41 bits per heavy atom. The van der Waals surface area contributed by atoms with Crippen LogP contribution >= 0.6 is 11.3 Å². The van der Waals surface area contributed by atoms with E-state index in [9.17, 15) is 8.42 Å². The first-order valence-corrected chi connectivity index (χ1v) is 7.82. The molecule has 1 saturated heterocycles. The van der Waals surface area contributed by atoms with Crippen LogP contribution < -0.4 is 5.73 Å². The van der Waals surface area contributed by atoms with Crippen molar-refractivity contribution < 1.29 is 13.2 Å². The van der Waals surface area contributed by atoms with Gasteiger partial charge < -0.3 is 10.5 Å². The lowest BCUT2D eigenvalue weighted by atomic mass is 10.5. The summed E-state index contributed by atoms with van der Waals surface area (Å²) < 4.78 is 31.6. The first-order chi connectivity index (χ1) is 8.16. The summed E-state index contributed by atoms with van der Waals surface area (Å²) in [5.41, 5.74) is 5.55. The molecular weight excluding hydrogens is 260 g/mol. The summed E-state index contributed by atoms with van der Waals surface area (Å²) >= 11 is 1.38. The van der Waals surface area contributed by atoms with E-state index in [1.165, 1.54) is 15.6 Å². The first kappa shape index (κ1) is 13.0. The van der Waals surface area contributed by atoms with Gasteiger partial charge in [-0.2, -0.15) is 4.31 Å². The van der Waals surface area contributed by atoms with E-state index < -0.39 is 10.0 Å². The lowest BCUT2D eigenvalue weighted by Gasteiger charge is -2.19. The zero-order valence-corrected chi connectivity index (χ0v) is 11.1. The Morgan fingerprint density at radius 2 is 2.24 bits per heavy atom. The van der Waals surface area contributed by atoms with Gasteiger partial charge in [-0.15, -0.1) is 11.3 Å². The Hall–Kier alpha value is -0.470. The number of hydrogen-bond acceptors (Lipinski definition) is 5. The zero-order chi connectivity index (χ0) is 12.3. The van der Waals surface area contributed by atoms with Gasteiger partial charge in [-0.05, 0) is 17.9 Å². The van der Waals surface area contributed by atoms with E-state index in [1.807, 2.05) is 0 Å². The van der Waals surface area contributed by atoms with E-state index in [2.05, 4.69) is 0 Å². The molecule has 1 aliphatic rings. The summed E-state index contributed by atoms with van der Waals surface area (Å²) in [6, 6.07) is 1.63. The average Bonchev–Trinajstić information content (AvgIpc) is 2.63. The van der Waals surface area contributed by atoms with Gasteiger partial charge in [0.05, 0.1) is 11.5 Å². The van der Waals surface area contributed by atoms with Crippen molar-refractivity contribution in [2.75, 3.05) is 26.3 Å². The summed E-state index contributed by atoms with van der Waals surface area (Å²) in [5.74, 6) is 0. The molecule has 0 saturated carbocycles. The molecule has 0 atom stereocenters. The molecule has 5 nitrogen and oxygen atoms in total. The van der Waals surface area contributed by atoms with Gasteiger partial charge in [0.15, 0.2) is 0 Å². The van der Waals surface area contributed by atoms with Crippen LogP contribution in [0.4, 0.5) is 0 Å². The Kier molecular flexibility index (Phi) is 4.16. The van der Waals surface area contributed by atoms with E-state index in [1.54, 1.807) is 11.4 Å². The highest BCUT2D eigenvalue weighted by Gasteiger charge is 2.27. The van der Waals surface area contributed by atoms with Crippen LogP contribution in [0.1, 0.15) is 11.3 Å². The minimum atomic E-state index is -3.40. The number of hydrogen-bond donors (Lipinski definition) is 1. The molecule has 0 unspecified atom stereocenters. The van der Waals surface area contributed by atoms with Crippen molar-refractivity contribution in [3.05, 3.63) is 16.3 Å². The quantitative estimate of drug-likeness (QED) is 0.878. The van der Waals surface area contributed by atoms with E-state index in [0.717, 1.165) is 11.3 Å². The van der Waals surface area contributed by atoms with Gasteiger partial charge >= 0.3 is 0 Å². The highest BCUT2D eigenvalue weighted by atomic mass is 32.2. The third-order valence-electron chi connectivity index (χ3n) is 2.69. The molecule has 1 aromatic heterocycles. The predicted molar refractivity (Wildman–Crippen MR) is 66.4 cm³/mol. The van der Waals surface area contributed by atoms with Crippen LogP contribution in [0.5, 0.6) is 0 Å². The molecular formula is C10H16N2O3S2. The smallest absolute Gasteiger partial charge is 0.244 e. The van der Waals surface area contributed by atoms with Crippen molar-refractivity contribution in [3.8, 4) is 0 Å². The highest BCUT2D eigenvalue weighted by molar-refractivity contribution is 7.89. The number of nitrogens with two attached hydrogens (primary N) is 1. The summed E-state index contributed by atoms with van der Waals surface area (Å²) in [4.78, 5) is 1.07. The summed E-state index contributed by atoms with van der Waals surface area (Å²) in [6.45, 7) is 2.28. The molecule has 1 aromatic rings. The molecule has 1 fully saturated rings. The summed E-state index contributed by atoms with van der Waals surface area (Å²) in [7, 11) is -3.40. The van der Waals surface area contributed by atoms with Crippen LogP contribution in [0.25, 0.3) is 0 Å². The second-order valence-corrected chi connectivity index (χ2v) is 6.69. The second-order valence-electron chi connectivity index (χ2n) is 3.78. The molecule has 2 heterocycles. The maximum atomic E-state index is 12.4. The predicted octanol–water partition coefficient (Wildman–Crippen LogP) is 0.618. The SMILES string of the molecule is NCc1sccc1S(=O)(=O)N1CCCOCC1. The standard InChI is InChI=1S/C10H16N2O3S2/c11-8-9-10(2-7-16-9)17(13,14)12-3-1-5-15-6-4-12/h2,7H,1,3-6,8,11H2. The van der Waals surface area contributed by atoms with Crippen LogP contribution in [0.15, 0.2) is 16.3 Å². The van der Waals surface area contributed by atoms with E-state index in [0.29, 0.717) is 31.2 Å². The maximum Gasteiger partial charge on any atom is 0.244 e. The fourth-order valence-electron chi connectivity index (χ4n) is 1.81. The van der Waals surface area contributed by atoms with Gasteiger partial charge in [0, 0.05) is 31.1 Å². The average molecular weight is 276 g/mol. The van der Waals surface area contributed by atoms with Crippen molar-refractivity contribution in [2.45, 2.75) is 17.9 Å². The molecule has 1 aliphatic heterocycles. The molecule has 0 radical (unpaired) electrons. The van der Waals surface area contributed by atoms with Gasteiger partial charge in [0.2, 0.25) is 10.0 Å². The third kappa shape index (κ3) is 2.69. The third-order valence-corrected chi connectivity index (χ3v) is 5.74. The molecule has 0 amide bonds. The first-order valence-electron chi connectivity index (χ1n) is 5.50. The number of sulfonamides is 1. The van der Waals surface area contributed by atoms with Gasteiger partial charge in [-0.1, -0.05) is 0 Å². The molecule has 0 aromatic carbocycles. The molecule has 96 valence electrons. The van der Waals surface area contributed by atoms with Gasteiger partial charge in [0.1, 0.15) is 0 Å². The summed E-state index contributed by atoms with van der Waals surface area (Å²) in [5, 5.41) is 1.77. The second kappa shape index (κ2) is 5.45. The number of thiophene rings is 1. The highest BCUT2D eigenvalue weighted by Crippen LogP contribution is 2.25. The molecule has 0 spiro atoms. The van der Waals surface area contributed by atoms with E-state index in [4.69, 9.17) is 10.5 Å². The van der Waals surface area contributed by atoms with Crippen LogP contribution in [-0.2, 0) is 21.3 Å². The topological polar surface area (TPSA) is 72.6 Å². The molecule has 7 heteroatoms. The van der Waals surface area contributed by atoms with E-state index in [-0.39, 0.29) is 6.54 Å². The van der Waals surface area contributed by atoms with Gasteiger partial charge in [-0.3, -0.25) is 0 Å². The Labute approximate surface area is 105 Å². The van der Waals surface area contributed by atoms with Crippen molar-refractivity contribution in [1.29, 1.82) is 0 Å². The molecule has 17 heavy (non-hydrogen) atoms. The number of rotatable bonds is 3. The fourth-order valence-corrected chi connectivity index (χ4v) is 4.58. The lowest BCUT2D eigenvalue weighted by molar-refractivity contribution is 0.148. The molecule has 0 aliphatic carbocycles. The normalized spacial score (nSPS) is 19.1. The van der Waals surface area contributed by atoms with Crippen LogP contribution in [0.2, 0.25) is 0 Å². The Morgan fingerprint density at radius 3 is 3.00 bits per heavy atom. The fraction of sp³-hybridized carbons (Fsp3) is 0.600. The molecule has 0 bridgehead atoms. The molecule has 2 rings (SSSR count). The molecule has 2 N–H and O–H groups in total. The minimum absolute atomic E-state index is 0.260. The van der Waals surface area contributed by atoms with Crippen molar-refractivity contribution in [1.82, 2.24) is 4.31 Å². The maximum absolute atomic E-state index is 12.4. The lowest BCUT2D eigenvalue weighted by Crippen LogP contribution is -2.33. The number of ether oxygens (including phenoxy) is 1. The number of nitrogens with zero attached hydrogens (tertiary/aromatic N) is 1. The van der Waals surface area contributed by atoms with Crippen LogP contribution in [0.3, 0.4) is 0 Å². The summed E-state index contributed by atoms with van der Waals surface area (Å²) in [6.07, 6.45) is 0.737. The Balaban J connectivity index is 2.28. The zero-order valence-electron chi connectivity index (χ0n) is 9.46. The van der Waals surface area contributed by atoms with Crippen LogP contribution in [-0.4, -0.2) is 39.0 Å². The monoisotopic (exact) mass is 276 g/mol.